The van der Waals surface area contributed by atoms with Crippen LogP contribution in [-0.2, 0) is 12.8 Å². The zero-order valence-corrected chi connectivity index (χ0v) is 18.2. The molecule has 0 fully saturated rings. The summed E-state index contributed by atoms with van der Waals surface area (Å²) >= 11 is 18.0. The fourth-order valence-corrected chi connectivity index (χ4v) is 3.86. The summed E-state index contributed by atoms with van der Waals surface area (Å²) in [6, 6.07) is 14.7. The van der Waals surface area contributed by atoms with Crippen molar-refractivity contribution in [3.05, 3.63) is 97.3 Å². The van der Waals surface area contributed by atoms with Crippen LogP contribution in [0.4, 0.5) is 13.2 Å². The fraction of sp³-hybridized carbons (Fsp3) is 0.0870. The SMILES string of the molecule is O=c1c(-c2ccccc2Cl)c(C(F)(F)F)oc2cc(OCc3ccc(Cl)cc3Cl)ccc12. The van der Waals surface area contributed by atoms with Gasteiger partial charge in [0, 0.05) is 32.3 Å². The molecule has 0 aliphatic carbocycles. The second-order valence-corrected chi connectivity index (χ2v) is 8.05. The topological polar surface area (TPSA) is 39.4 Å². The van der Waals surface area contributed by atoms with E-state index in [2.05, 4.69) is 0 Å². The molecule has 3 nitrogen and oxygen atoms in total. The van der Waals surface area contributed by atoms with Gasteiger partial charge in [-0.1, -0.05) is 59.1 Å². The predicted molar refractivity (Wildman–Crippen MR) is 119 cm³/mol. The maximum atomic E-state index is 13.8. The minimum Gasteiger partial charge on any atom is -0.489 e. The van der Waals surface area contributed by atoms with E-state index < -0.39 is 22.9 Å². The van der Waals surface area contributed by atoms with Crippen LogP contribution < -0.4 is 10.2 Å². The Balaban J connectivity index is 1.80. The van der Waals surface area contributed by atoms with Gasteiger partial charge < -0.3 is 9.15 Å². The van der Waals surface area contributed by atoms with Crippen LogP contribution in [-0.4, -0.2) is 0 Å². The van der Waals surface area contributed by atoms with Crippen LogP contribution in [0.5, 0.6) is 5.75 Å². The molecule has 0 unspecified atom stereocenters. The zero-order valence-electron chi connectivity index (χ0n) is 16.0. The van der Waals surface area contributed by atoms with Gasteiger partial charge in [0.1, 0.15) is 17.9 Å². The molecule has 4 rings (SSSR count). The van der Waals surface area contributed by atoms with Crippen molar-refractivity contribution in [3.63, 3.8) is 0 Å². The first kappa shape index (κ1) is 22.5. The van der Waals surface area contributed by atoms with Crippen molar-refractivity contribution in [2.45, 2.75) is 12.8 Å². The van der Waals surface area contributed by atoms with Crippen molar-refractivity contribution < 1.29 is 22.3 Å². The van der Waals surface area contributed by atoms with Gasteiger partial charge in [-0.05, 0) is 30.3 Å². The van der Waals surface area contributed by atoms with E-state index in [-0.39, 0.29) is 33.9 Å². The Morgan fingerprint density at radius 2 is 1.66 bits per heavy atom. The number of hydrogen-bond donors (Lipinski definition) is 0. The third kappa shape index (κ3) is 4.44. The lowest BCUT2D eigenvalue weighted by molar-refractivity contribution is -0.152. The van der Waals surface area contributed by atoms with Crippen LogP contribution in [0, 0.1) is 0 Å². The van der Waals surface area contributed by atoms with Crippen LogP contribution in [0.3, 0.4) is 0 Å². The van der Waals surface area contributed by atoms with Gasteiger partial charge in [0.25, 0.3) is 0 Å². The molecule has 0 aliphatic rings. The van der Waals surface area contributed by atoms with Gasteiger partial charge in [0.2, 0.25) is 11.2 Å². The highest BCUT2D eigenvalue weighted by Gasteiger charge is 2.39. The Bertz CT molecular complexity index is 1380. The maximum absolute atomic E-state index is 13.8. The van der Waals surface area contributed by atoms with Crippen LogP contribution in [0.2, 0.25) is 15.1 Å². The molecule has 0 aliphatic heterocycles. The predicted octanol–water partition coefficient (Wildman–Crippen LogP) is 8.02. The number of ether oxygens (including phenoxy) is 1. The van der Waals surface area contributed by atoms with Gasteiger partial charge in [0.05, 0.1) is 10.9 Å². The standard InChI is InChI=1S/C23H12Cl3F3O3/c24-13-6-5-12(18(26)9-13)11-31-14-7-8-16-19(10-14)32-22(23(27,28)29)20(21(16)30)15-3-1-2-4-17(15)25/h1-10H,11H2. The van der Waals surface area contributed by atoms with Gasteiger partial charge in [-0.2, -0.15) is 13.2 Å². The number of halogens is 6. The smallest absolute Gasteiger partial charge is 0.450 e. The summed E-state index contributed by atoms with van der Waals surface area (Å²) in [5.41, 5.74) is -1.19. The highest BCUT2D eigenvalue weighted by molar-refractivity contribution is 6.35. The maximum Gasteiger partial charge on any atom is 0.450 e. The van der Waals surface area contributed by atoms with Gasteiger partial charge >= 0.3 is 6.18 Å². The Hall–Kier alpha value is -2.67. The lowest BCUT2D eigenvalue weighted by atomic mass is 10.0. The van der Waals surface area contributed by atoms with Crippen molar-refractivity contribution >= 4 is 45.8 Å². The summed E-state index contributed by atoms with van der Waals surface area (Å²) in [6.45, 7) is 0.0373. The molecule has 164 valence electrons. The molecule has 1 heterocycles. The number of benzene rings is 3. The molecule has 0 radical (unpaired) electrons. The van der Waals surface area contributed by atoms with Crippen LogP contribution >= 0.6 is 34.8 Å². The summed E-state index contributed by atoms with van der Waals surface area (Å²) in [7, 11) is 0. The van der Waals surface area contributed by atoms with E-state index in [0.29, 0.717) is 15.6 Å². The van der Waals surface area contributed by atoms with Crippen molar-refractivity contribution in [2.24, 2.45) is 0 Å². The van der Waals surface area contributed by atoms with E-state index in [1.807, 2.05) is 0 Å². The van der Waals surface area contributed by atoms with Crippen LogP contribution in [0.15, 0.2) is 69.9 Å². The summed E-state index contributed by atoms with van der Waals surface area (Å²) in [5, 5.41) is 0.808. The van der Waals surface area contributed by atoms with Crippen molar-refractivity contribution in [1.29, 1.82) is 0 Å². The normalized spacial score (nSPS) is 11.7. The molecule has 1 aromatic heterocycles. The molecule has 32 heavy (non-hydrogen) atoms. The molecule has 0 saturated carbocycles. The summed E-state index contributed by atoms with van der Waals surface area (Å²) in [4.78, 5) is 13.0. The van der Waals surface area contributed by atoms with E-state index in [0.717, 1.165) is 0 Å². The third-order valence-corrected chi connectivity index (χ3v) is 5.59. The molecule has 4 aromatic rings. The second kappa shape index (κ2) is 8.70. The molecule has 0 bridgehead atoms. The van der Waals surface area contributed by atoms with E-state index in [1.54, 1.807) is 24.3 Å². The van der Waals surface area contributed by atoms with Gasteiger partial charge in [-0.25, -0.2) is 0 Å². The molecule has 0 N–H and O–H groups in total. The van der Waals surface area contributed by atoms with Crippen molar-refractivity contribution in [2.75, 3.05) is 0 Å². The second-order valence-electron chi connectivity index (χ2n) is 6.80. The number of alkyl halides is 3. The number of rotatable bonds is 4. The summed E-state index contributed by atoms with van der Waals surface area (Å²) in [5.74, 6) is -1.23. The van der Waals surface area contributed by atoms with E-state index in [1.165, 1.54) is 36.4 Å². The van der Waals surface area contributed by atoms with Crippen molar-refractivity contribution in [1.82, 2.24) is 0 Å². The molecular weight excluding hydrogens is 488 g/mol. The van der Waals surface area contributed by atoms with E-state index in [4.69, 9.17) is 44.0 Å². The molecule has 0 spiro atoms. The largest absolute Gasteiger partial charge is 0.489 e. The molecule has 3 aromatic carbocycles. The highest BCUT2D eigenvalue weighted by atomic mass is 35.5. The zero-order chi connectivity index (χ0) is 23.0. The first-order valence-electron chi connectivity index (χ1n) is 9.15. The quantitative estimate of drug-likeness (QED) is 0.285. The molecule has 9 heteroatoms. The summed E-state index contributed by atoms with van der Waals surface area (Å²) in [6.07, 6.45) is -4.92. The highest BCUT2D eigenvalue weighted by Crippen LogP contribution is 2.39. The average molecular weight is 500 g/mol. The van der Waals surface area contributed by atoms with Crippen LogP contribution in [0.25, 0.3) is 22.1 Å². The van der Waals surface area contributed by atoms with Gasteiger partial charge in [-0.15, -0.1) is 0 Å². The molecule has 0 amide bonds. The Labute approximate surface area is 194 Å². The van der Waals surface area contributed by atoms with Gasteiger partial charge in [0.15, 0.2) is 0 Å². The molecule has 0 saturated heterocycles. The molecule has 0 atom stereocenters. The van der Waals surface area contributed by atoms with E-state index in [9.17, 15) is 18.0 Å². The monoisotopic (exact) mass is 498 g/mol. The van der Waals surface area contributed by atoms with Crippen molar-refractivity contribution in [3.8, 4) is 16.9 Å². The Morgan fingerprint density at radius 3 is 2.34 bits per heavy atom. The lowest BCUT2D eigenvalue weighted by Gasteiger charge is -2.14. The van der Waals surface area contributed by atoms with E-state index >= 15 is 0 Å². The Kier molecular flexibility index (Phi) is 6.12. The number of fused-ring (bicyclic) bond motifs is 1. The molecular formula is C23H12Cl3F3O3. The Morgan fingerprint density at radius 1 is 0.906 bits per heavy atom. The third-order valence-electron chi connectivity index (χ3n) is 4.67. The summed E-state index contributed by atoms with van der Waals surface area (Å²) < 4.78 is 52.2. The average Bonchev–Trinajstić information content (AvgIpc) is 2.73. The first-order valence-corrected chi connectivity index (χ1v) is 10.3. The minimum atomic E-state index is -4.92. The van der Waals surface area contributed by atoms with Gasteiger partial charge in [-0.3, -0.25) is 4.79 Å². The fourth-order valence-electron chi connectivity index (χ4n) is 3.17. The van der Waals surface area contributed by atoms with Crippen LogP contribution in [0.1, 0.15) is 11.3 Å². The lowest BCUT2D eigenvalue weighted by Crippen LogP contribution is -2.16. The first-order chi connectivity index (χ1) is 15.1. The number of hydrogen-bond acceptors (Lipinski definition) is 3. The minimum absolute atomic E-state index is 0.00412.